The molecule has 8 nitrogen and oxygen atoms in total. The quantitative estimate of drug-likeness (QED) is 0.167. The summed E-state index contributed by atoms with van der Waals surface area (Å²) >= 11 is 0. The van der Waals surface area contributed by atoms with E-state index in [4.69, 9.17) is 0 Å². The maximum absolute atomic E-state index is 9.66. The number of hydrogen-bond donors (Lipinski definition) is 0. The third-order valence-electron chi connectivity index (χ3n) is 8.27. The Morgan fingerprint density at radius 2 is 0.264 bits per heavy atom. The Morgan fingerprint density at radius 3 is 0.302 bits per heavy atom. The fourth-order valence-electron chi connectivity index (χ4n) is 2.76. The van der Waals surface area contributed by atoms with Crippen LogP contribution in [0.1, 0.15) is 192 Å². The van der Waals surface area contributed by atoms with Gasteiger partial charge < -0.3 is 0 Å². The molecule has 0 heterocycles. The molecule has 0 aliphatic carbocycles. The van der Waals surface area contributed by atoms with E-state index in [0.29, 0.717) is 46.3 Å². The van der Waals surface area contributed by atoms with Gasteiger partial charge in [-0.1, -0.05) is 0 Å². The van der Waals surface area contributed by atoms with E-state index in [9.17, 15) is 38.4 Å². The standard InChI is InChI=1S/4C11H20O2.Ce/c4*1-10(2,3)8(12)7-9(13)11(4,5)6;/h4*7H2,1-6H3;/p+8. The summed E-state index contributed by atoms with van der Waals surface area (Å²) in [6.45, 7) is 46.3. The van der Waals surface area contributed by atoms with Crippen LogP contribution in [0.5, 0.6) is 0 Å². The van der Waals surface area contributed by atoms with Crippen molar-refractivity contribution in [1.29, 1.82) is 0 Å². The van der Waals surface area contributed by atoms with Crippen molar-refractivity contribution >= 4 is 46.3 Å². The van der Waals surface area contributed by atoms with Crippen LogP contribution in [0, 0.1) is 85.1 Å². The molecule has 0 radical (unpaired) electrons. The van der Waals surface area contributed by atoms with Gasteiger partial charge in [0.15, 0.2) is 25.7 Å². The molecule has 308 valence electrons. The molecule has 0 rings (SSSR count). The SMILES string of the molecule is CC(C)(C)C(=[OH+])CC(=[OH+])C(C)(C)C.CC(C)(C)C(=[OH+])CC(=[OH+])C(C)(C)C.CC(C)(C)C(=[OH+])CC(=[OH+])C(C)(C)C.CC(C)(C)C(=[OH+])CC(=[OH+])C(C)(C)C.[Ce]. The van der Waals surface area contributed by atoms with Crippen molar-refractivity contribution in [3.8, 4) is 0 Å². The summed E-state index contributed by atoms with van der Waals surface area (Å²) in [5, 5.41) is 0. The minimum absolute atomic E-state index is 0. The van der Waals surface area contributed by atoms with Gasteiger partial charge in [0, 0.05) is 41.7 Å². The molecule has 0 atom stereocenters. The van der Waals surface area contributed by atoms with Crippen LogP contribution in [0.4, 0.5) is 0 Å². The summed E-state index contributed by atoms with van der Waals surface area (Å²) in [5.41, 5.74) is -2.01. The average molecular weight is 885 g/mol. The largest absolute Gasteiger partial charge is 0.311 e. The van der Waals surface area contributed by atoms with Gasteiger partial charge in [0.25, 0.3) is 0 Å². The van der Waals surface area contributed by atoms with Gasteiger partial charge in [-0.2, -0.15) is 0 Å². The average Bonchev–Trinajstić information content (AvgIpc) is 2.85. The van der Waals surface area contributed by atoms with E-state index in [2.05, 4.69) is 0 Å². The second-order valence-corrected chi connectivity index (χ2v) is 22.3. The second-order valence-electron chi connectivity index (χ2n) is 22.3. The molecular weight excluding hydrogens is 797 g/mol. The van der Waals surface area contributed by atoms with E-state index >= 15 is 0 Å². The van der Waals surface area contributed by atoms with Crippen LogP contribution in [0.25, 0.3) is 0 Å². The van der Waals surface area contributed by atoms with Crippen LogP contribution in [0.15, 0.2) is 0 Å². The van der Waals surface area contributed by atoms with E-state index < -0.39 is 0 Å². The molecule has 0 bridgehead atoms. The first-order chi connectivity index (χ1) is 22.2. The van der Waals surface area contributed by atoms with Crippen molar-refractivity contribution in [3.63, 3.8) is 0 Å². The van der Waals surface area contributed by atoms with Gasteiger partial charge in [0.2, 0.25) is 0 Å². The molecule has 0 aromatic heterocycles. The van der Waals surface area contributed by atoms with E-state index in [1.165, 1.54) is 0 Å². The van der Waals surface area contributed by atoms with Crippen molar-refractivity contribution < 1.29 is 80.1 Å². The van der Waals surface area contributed by atoms with Gasteiger partial charge in [-0.05, 0) is 166 Å². The summed E-state index contributed by atoms with van der Waals surface area (Å²) in [5.74, 6) is 2.67. The molecule has 0 aromatic rings. The fraction of sp³-hybridized carbons (Fsp3) is 0.818. The number of hydrogen-bond acceptors (Lipinski definition) is 0. The first kappa shape index (κ1) is 61.0. The molecule has 0 unspecified atom stereocenters. The maximum atomic E-state index is 9.66. The summed E-state index contributed by atoms with van der Waals surface area (Å²) < 4.78 is 0. The van der Waals surface area contributed by atoms with Crippen LogP contribution < -0.4 is 0 Å². The molecular formula is C44H88CeO8+8. The van der Waals surface area contributed by atoms with Gasteiger partial charge in [-0.25, -0.2) is 0 Å². The summed E-state index contributed by atoms with van der Waals surface area (Å²) in [4.78, 5) is 77.2. The molecule has 0 aliphatic heterocycles. The number of rotatable bonds is 8. The normalized spacial score (nSPS) is 12.5. The van der Waals surface area contributed by atoms with E-state index in [0.717, 1.165) is 0 Å². The van der Waals surface area contributed by atoms with Crippen molar-refractivity contribution in [2.24, 2.45) is 43.3 Å². The van der Waals surface area contributed by atoms with Gasteiger partial charge in [0.05, 0.1) is 43.3 Å². The van der Waals surface area contributed by atoms with Crippen LogP contribution >= 0.6 is 0 Å². The molecule has 0 saturated carbocycles. The predicted octanol–water partition coefficient (Wildman–Crippen LogP) is 10.2. The van der Waals surface area contributed by atoms with Crippen molar-refractivity contribution in [3.05, 3.63) is 0 Å². The zero-order valence-corrected chi connectivity index (χ0v) is 42.0. The zero-order chi connectivity index (χ0) is 43.4. The Hall–Kier alpha value is -1.26. The van der Waals surface area contributed by atoms with E-state index in [1.807, 2.05) is 166 Å². The van der Waals surface area contributed by atoms with Crippen LogP contribution in [0.3, 0.4) is 0 Å². The fourth-order valence-corrected chi connectivity index (χ4v) is 2.76. The Labute approximate surface area is 359 Å². The van der Waals surface area contributed by atoms with Crippen LogP contribution in [-0.4, -0.2) is 84.6 Å². The molecule has 0 aliphatic rings. The number of carbonyl (C=O) groups excluding carboxylic acids is 8. The van der Waals surface area contributed by atoms with Gasteiger partial charge >= 0.3 is 46.3 Å². The zero-order valence-electron chi connectivity index (χ0n) is 38.9. The Kier molecular flexibility index (Phi) is 25.8. The third-order valence-corrected chi connectivity index (χ3v) is 8.27. The molecule has 9 heteroatoms. The number of ketones is 8. The smallest absolute Gasteiger partial charge is 0.282 e. The predicted molar refractivity (Wildman–Crippen MR) is 230 cm³/mol. The van der Waals surface area contributed by atoms with E-state index in [1.54, 1.807) is 0 Å². The van der Waals surface area contributed by atoms with Crippen molar-refractivity contribution in [1.82, 2.24) is 0 Å². The van der Waals surface area contributed by atoms with Crippen molar-refractivity contribution in [2.75, 3.05) is 0 Å². The van der Waals surface area contributed by atoms with Gasteiger partial charge in [-0.15, -0.1) is 0 Å². The minimum atomic E-state index is -0.251. The van der Waals surface area contributed by atoms with Crippen molar-refractivity contribution in [2.45, 2.75) is 192 Å². The molecule has 0 fully saturated rings. The summed E-state index contributed by atoms with van der Waals surface area (Å²) in [6.07, 6.45) is 1.14. The minimum Gasteiger partial charge on any atom is -0.282 e. The first-order valence-corrected chi connectivity index (χ1v) is 18.6. The Morgan fingerprint density at radius 1 is 0.208 bits per heavy atom. The van der Waals surface area contributed by atoms with Crippen LogP contribution in [-0.2, 0) is 0 Å². The molecule has 8 N–H and O–H groups in total. The Balaban J connectivity index is -0.000000192. The first-order valence-electron chi connectivity index (χ1n) is 18.6. The molecule has 53 heavy (non-hydrogen) atoms. The Bertz CT molecular complexity index is 964. The summed E-state index contributed by atoms with van der Waals surface area (Å²) in [6, 6.07) is 0. The molecule has 0 spiro atoms. The van der Waals surface area contributed by atoms with Gasteiger partial charge in [0.1, 0.15) is 0 Å². The topological polar surface area (TPSA) is 171 Å². The summed E-state index contributed by atoms with van der Waals surface area (Å²) in [7, 11) is 0. The maximum Gasteiger partial charge on any atom is 0.311 e. The van der Waals surface area contributed by atoms with Gasteiger partial charge in [-0.3, -0.25) is 38.4 Å². The van der Waals surface area contributed by atoms with Crippen LogP contribution in [0.2, 0.25) is 0 Å². The van der Waals surface area contributed by atoms with E-state index in [-0.39, 0.29) is 111 Å². The molecule has 0 saturated heterocycles. The molecule has 0 amide bonds. The second kappa shape index (κ2) is 22.5. The molecule has 0 aromatic carbocycles. The third kappa shape index (κ3) is 30.6. The monoisotopic (exact) mass is 885 g/mol.